The second-order valence-corrected chi connectivity index (χ2v) is 6.65. The molecule has 19 heavy (non-hydrogen) atoms. The van der Waals surface area contributed by atoms with Crippen LogP contribution >= 0.6 is 0 Å². The number of carbonyl (C=O) groups is 1. The molecule has 4 nitrogen and oxygen atoms in total. The zero-order valence-electron chi connectivity index (χ0n) is 12.4. The van der Waals surface area contributed by atoms with E-state index in [0.29, 0.717) is 6.42 Å². The molecule has 1 N–H and O–H groups in total. The summed E-state index contributed by atoms with van der Waals surface area (Å²) in [4.78, 5) is 11.0. The number of hydrogen-bond donors (Lipinski definition) is 1. The van der Waals surface area contributed by atoms with E-state index < -0.39 is 5.60 Å². The first kappa shape index (κ1) is 14.5. The van der Waals surface area contributed by atoms with Crippen LogP contribution in [0.25, 0.3) is 0 Å². The Morgan fingerprint density at radius 3 is 2.68 bits per heavy atom. The lowest BCUT2D eigenvalue weighted by Gasteiger charge is -2.44. The summed E-state index contributed by atoms with van der Waals surface area (Å²) in [6, 6.07) is 0. The van der Waals surface area contributed by atoms with Gasteiger partial charge >= 0.3 is 5.97 Å². The van der Waals surface area contributed by atoms with Crippen LogP contribution < -0.4 is 0 Å². The van der Waals surface area contributed by atoms with Crippen molar-refractivity contribution in [2.75, 3.05) is 0 Å². The topological polar surface area (TPSA) is 55.8 Å². The van der Waals surface area contributed by atoms with Crippen LogP contribution in [0.5, 0.6) is 0 Å². The minimum atomic E-state index is -0.444. The van der Waals surface area contributed by atoms with Crippen molar-refractivity contribution in [2.24, 2.45) is 5.41 Å². The number of aliphatic hydroxyl groups excluding tert-OH is 1. The van der Waals surface area contributed by atoms with Gasteiger partial charge in [-0.25, -0.2) is 0 Å². The summed E-state index contributed by atoms with van der Waals surface area (Å²) >= 11 is 0. The van der Waals surface area contributed by atoms with Crippen molar-refractivity contribution in [3.63, 3.8) is 0 Å². The molecule has 0 spiro atoms. The van der Waals surface area contributed by atoms with Crippen molar-refractivity contribution in [1.29, 1.82) is 0 Å². The Hall–Kier alpha value is -0.870. The SMILES string of the molecule is CC(=O)OC(C)C1C=C2C(C)(C)C[C@H](O)C[C@@]2(C)O1. The minimum absolute atomic E-state index is 0.0862. The third-order valence-electron chi connectivity index (χ3n) is 4.21. The summed E-state index contributed by atoms with van der Waals surface area (Å²) in [6.07, 6.45) is 2.55. The summed E-state index contributed by atoms with van der Waals surface area (Å²) in [5.74, 6) is -0.297. The molecule has 1 fully saturated rings. The van der Waals surface area contributed by atoms with Crippen molar-refractivity contribution in [3.05, 3.63) is 11.6 Å². The van der Waals surface area contributed by atoms with E-state index in [0.717, 1.165) is 6.42 Å². The van der Waals surface area contributed by atoms with Gasteiger partial charge in [-0.2, -0.15) is 0 Å². The van der Waals surface area contributed by atoms with Crippen LogP contribution in [0.4, 0.5) is 0 Å². The maximum Gasteiger partial charge on any atom is 0.302 e. The second-order valence-electron chi connectivity index (χ2n) is 6.65. The van der Waals surface area contributed by atoms with Gasteiger partial charge in [0, 0.05) is 13.3 Å². The Morgan fingerprint density at radius 2 is 2.11 bits per heavy atom. The van der Waals surface area contributed by atoms with Gasteiger partial charge in [0.05, 0.1) is 11.7 Å². The number of fused-ring (bicyclic) bond motifs is 1. The molecule has 0 saturated heterocycles. The fraction of sp³-hybridized carbons (Fsp3) is 0.800. The number of esters is 1. The molecule has 2 unspecified atom stereocenters. The van der Waals surface area contributed by atoms with Crippen LogP contribution in [-0.2, 0) is 14.3 Å². The van der Waals surface area contributed by atoms with Gasteiger partial charge in [0.2, 0.25) is 0 Å². The molecular formula is C15H24O4. The Bertz CT molecular complexity index is 412. The Labute approximate surface area is 114 Å². The molecule has 0 aromatic carbocycles. The van der Waals surface area contributed by atoms with E-state index >= 15 is 0 Å². The predicted octanol–water partition coefficient (Wildman–Crippen LogP) is 2.20. The molecule has 1 heterocycles. The molecule has 0 aromatic rings. The fourth-order valence-corrected chi connectivity index (χ4v) is 3.62. The van der Waals surface area contributed by atoms with Gasteiger partial charge in [-0.3, -0.25) is 4.79 Å². The quantitative estimate of drug-likeness (QED) is 0.616. The first-order chi connectivity index (χ1) is 8.64. The summed E-state index contributed by atoms with van der Waals surface area (Å²) < 4.78 is 11.3. The molecule has 2 rings (SSSR count). The Balaban J connectivity index is 2.23. The average molecular weight is 268 g/mol. The van der Waals surface area contributed by atoms with E-state index in [1.165, 1.54) is 12.5 Å². The van der Waals surface area contributed by atoms with Gasteiger partial charge in [-0.1, -0.05) is 13.8 Å². The van der Waals surface area contributed by atoms with Gasteiger partial charge in [-0.05, 0) is 37.3 Å². The normalized spacial score (nSPS) is 38.3. The highest BCUT2D eigenvalue weighted by Gasteiger charge is 2.51. The molecule has 0 bridgehead atoms. The van der Waals surface area contributed by atoms with Crippen LogP contribution in [0.15, 0.2) is 11.6 Å². The second kappa shape index (κ2) is 4.60. The zero-order valence-corrected chi connectivity index (χ0v) is 12.4. The molecule has 1 aliphatic heterocycles. The van der Waals surface area contributed by atoms with Crippen LogP contribution in [0.3, 0.4) is 0 Å². The lowest BCUT2D eigenvalue weighted by Crippen LogP contribution is -2.45. The third-order valence-corrected chi connectivity index (χ3v) is 4.21. The monoisotopic (exact) mass is 268 g/mol. The lowest BCUT2D eigenvalue weighted by atomic mass is 9.65. The van der Waals surface area contributed by atoms with Crippen LogP contribution in [-0.4, -0.2) is 35.0 Å². The molecule has 1 saturated carbocycles. The number of hydrogen-bond acceptors (Lipinski definition) is 4. The smallest absolute Gasteiger partial charge is 0.302 e. The van der Waals surface area contributed by atoms with Crippen molar-refractivity contribution >= 4 is 5.97 Å². The van der Waals surface area contributed by atoms with Crippen LogP contribution in [0, 0.1) is 5.41 Å². The molecule has 0 aromatic heterocycles. The number of carbonyl (C=O) groups excluding carboxylic acids is 1. The molecule has 108 valence electrons. The molecule has 0 amide bonds. The van der Waals surface area contributed by atoms with Gasteiger partial charge in [0.15, 0.2) is 0 Å². The summed E-state index contributed by atoms with van der Waals surface area (Å²) in [6.45, 7) is 9.52. The zero-order chi connectivity index (χ0) is 14.4. The standard InChI is InChI=1S/C15H24O4/c1-9(18-10(2)16)12-6-13-14(3,4)7-11(17)8-15(13,5)19-12/h6,9,11-12,17H,7-8H2,1-5H3/t9?,11-,12?,15+/m0/s1. The maximum absolute atomic E-state index is 11.0. The molecule has 0 radical (unpaired) electrons. The Kier molecular flexibility index (Phi) is 3.52. The minimum Gasteiger partial charge on any atom is -0.460 e. The summed E-state index contributed by atoms with van der Waals surface area (Å²) in [5.41, 5.74) is 0.687. The van der Waals surface area contributed by atoms with E-state index in [9.17, 15) is 9.90 Å². The highest BCUT2D eigenvalue weighted by molar-refractivity contribution is 5.66. The van der Waals surface area contributed by atoms with Gasteiger partial charge in [0.1, 0.15) is 12.2 Å². The van der Waals surface area contributed by atoms with Crippen molar-refractivity contribution in [1.82, 2.24) is 0 Å². The largest absolute Gasteiger partial charge is 0.460 e. The van der Waals surface area contributed by atoms with E-state index in [-0.39, 0.29) is 29.7 Å². The first-order valence-corrected chi connectivity index (χ1v) is 6.90. The lowest BCUT2D eigenvalue weighted by molar-refractivity contribution is -0.157. The van der Waals surface area contributed by atoms with E-state index in [4.69, 9.17) is 9.47 Å². The average Bonchev–Trinajstić information content (AvgIpc) is 2.53. The van der Waals surface area contributed by atoms with Gasteiger partial charge in [0.25, 0.3) is 0 Å². The van der Waals surface area contributed by atoms with Crippen LogP contribution in [0.1, 0.15) is 47.5 Å². The van der Waals surface area contributed by atoms with Crippen molar-refractivity contribution in [2.45, 2.75) is 71.4 Å². The number of rotatable bonds is 2. The van der Waals surface area contributed by atoms with E-state index in [1.807, 2.05) is 13.8 Å². The number of aliphatic hydroxyl groups is 1. The van der Waals surface area contributed by atoms with E-state index in [2.05, 4.69) is 19.9 Å². The van der Waals surface area contributed by atoms with E-state index in [1.54, 1.807) is 0 Å². The summed E-state index contributed by atoms with van der Waals surface area (Å²) in [5, 5.41) is 10.0. The fourth-order valence-electron chi connectivity index (χ4n) is 3.62. The molecular weight excluding hydrogens is 244 g/mol. The Morgan fingerprint density at radius 1 is 1.47 bits per heavy atom. The van der Waals surface area contributed by atoms with Crippen molar-refractivity contribution in [3.8, 4) is 0 Å². The summed E-state index contributed by atoms with van der Waals surface area (Å²) in [7, 11) is 0. The number of ether oxygens (including phenoxy) is 2. The molecule has 4 heteroatoms. The third kappa shape index (κ3) is 2.70. The first-order valence-electron chi connectivity index (χ1n) is 6.90. The highest BCUT2D eigenvalue weighted by Crippen LogP contribution is 2.51. The molecule has 4 atom stereocenters. The molecule has 1 aliphatic carbocycles. The highest BCUT2D eigenvalue weighted by atomic mass is 16.6. The molecule has 2 aliphatic rings. The van der Waals surface area contributed by atoms with Gasteiger partial charge in [-0.15, -0.1) is 0 Å². The predicted molar refractivity (Wildman–Crippen MR) is 71.6 cm³/mol. The maximum atomic E-state index is 11.0. The van der Waals surface area contributed by atoms with Crippen molar-refractivity contribution < 1.29 is 19.4 Å². The van der Waals surface area contributed by atoms with Gasteiger partial charge < -0.3 is 14.6 Å². The van der Waals surface area contributed by atoms with Crippen LogP contribution in [0.2, 0.25) is 0 Å².